The first-order valence-electron chi connectivity index (χ1n) is 1.33. The molecule has 1 saturated heterocycles. The molecule has 5 heteroatoms. The Hall–Kier alpha value is 0.530. The van der Waals surface area contributed by atoms with Gasteiger partial charge in [0.2, 0.25) is 0 Å². The van der Waals surface area contributed by atoms with Crippen LogP contribution in [0, 0.1) is 0 Å². The van der Waals surface area contributed by atoms with Crippen molar-refractivity contribution < 1.29 is 13.9 Å². The number of rotatable bonds is 0. The SMILES string of the molecule is OP1(=S)OCO1. The maximum atomic E-state index is 8.39. The fourth-order valence-corrected chi connectivity index (χ4v) is 0.687. The van der Waals surface area contributed by atoms with Gasteiger partial charge in [-0.25, -0.2) is 0 Å². The van der Waals surface area contributed by atoms with Crippen molar-refractivity contribution in [2.75, 3.05) is 6.79 Å². The Bertz CT molecular complexity index is 93.0. The minimum atomic E-state index is -2.63. The van der Waals surface area contributed by atoms with Crippen molar-refractivity contribution in [2.45, 2.75) is 0 Å². The first-order valence-corrected chi connectivity index (χ1v) is 3.92. The van der Waals surface area contributed by atoms with Crippen molar-refractivity contribution in [1.29, 1.82) is 0 Å². The van der Waals surface area contributed by atoms with E-state index in [0.717, 1.165) is 0 Å². The summed E-state index contributed by atoms with van der Waals surface area (Å²) in [6.45, 7) is -2.47. The van der Waals surface area contributed by atoms with E-state index in [1.807, 2.05) is 0 Å². The minimum Gasteiger partial charge on any atom is -0.324 e. The normalized spacial score (nSPS) is 28.8. The lowest BCUT2D eigenvalue weighted by Gasteiger charge is -2.22. The van der Waals surface area contributed by atoms with Crippen molar-refractivity contribution in [3.8, 4) is 0 Å². The van der Waals surface area contributed by atoms with Crippen LogP contribution in [0.2, 0.25) is 0 Å². The molecule has 0 atom stereocenters. The molecular weight excluding hydrogens is 123 g/mol. The largest absolute Gasteiger partial charge is 0.328 e. The van der Waals surface area contributed by atoms with Crippen LogP contribution < -0.4 is 0 Å². The lowest BCUT2D eigenvalue weighted by atomic mass is 11.6. The maximum absolute atomic E-state index is 8.39. The van der Waals surface area contributed by atoms with E-state index in [0.29, 0.717) is 0 Å². The first kappa shape index (κ1) is 4.68. The Balaban J connectivity index is 2.53. The summed E-state index contributed by atoms with van der Waals surface area (Å²) in [6.07, 6.45) is 0. The maximum Gasteiger partial charge on any atom is 0.328 e. The van der Waals surface area contributed by atoms with Gasteiger partial charge in [0.05, 0.1) is 0 Å². The zero-order valence-electron chi connectivity index (χ0n) is 2.83. The molecule has 0 amide bonds. The van der Waals surface area contributed by atoms with E-state index in [4.69, 9.17) is 4.89 Å². The summed E-state index contributed by atoms with van der Waals surface area (Å²) in [5.74, 6) is 0. The van der Waals surface area contributed by atoms with Crippen molar-refractivity contribution in [2.24, 2.45) is 0 Å². The molecule has 1 N–H and O–H groups in total. The van der Waals surface area contributed by atoms with E-state index >= 15 is 0 Å². The summed E-state index contributed by atoms with van der Waals surface area (Å²) in [4.78, 5) is 8.39. The lowest BCUT2D eigenvalue weighted by Crippen LogP contribution is -2.07. The summed E-state index contributed by atoms with van der Waals surface area (Å²) in [6, 6.07) is 0. The van der Waals surface area contributed by atoms with Gasteiger partial charge in [-0.05, 0) is 11.8 Å². The van der Waals surface area contributed by atoms with Gasteiger partial charge in [-0.2, -0.15) is 0 Å². The second-order valence-electron chi connectivity index (χ2n) is 0.845. The highest BCUT2D eigenvalue weighted by atomic mass is 32.5. The zero-order chi connectivity index (χ0) is 4.62. The van der Waals surface area contributed by atoms with Crippen LogP contribution >= 0.6 is 6.72 Å². The van der Waals surface area contributed by atoms with Crippen LogP contribution in [0.1, 0.15) is 0 Å². The van der Waals surface area contributed by atoms with Gasteiger partial charge in [-0.3, -0.25) is 9.05 Å². The molecule has 1 aliphatic rings. The molecule has 0 aromatic heterocycles. The molecule has 0 spiro atoms. The quantitative estimate of drug-likeness (QED) is 0.471. The average molecular weight is 126 g/mol. The van der Waals surface area contributed by atoms with E-state index < -0.39 is 6.72 Å². The van der Waals surface area contributed by atoms with Gasteiger partial charge in [-0.15, -0.1) is 0 Å². The molecule has 0 bridgehead atoms. The molecule has 6 heavy (non-hydrogen) atoms. The molecule has 1 heterocycles. The third-order valence-electron chi connectivity index (χ3n) is 0.432. The minimum absolute atomic E-state index is 0.160. The van der Waals surface area contributed by atoms with E-state index in [-0.39, 0.29) is 6.79 Å². The van der Waals surface area contributed by atoms with Crippen LogP contribution in [0.3, 0.4) is 0 Å². The number of hydrogen-bond acceptors (Lipinski definition) is 3. The fourth-order valence-electron chi connectivity index (χ4n) is 0.143. The Kier molecular flexibility index (Phi) is 0.975. The third kappa shape index (κ3) is 0.776. The monoisotopic (exact) mass is 126 g/mol. The van der Waals surface area contributed by atoms with Gasteiger partial charge in [0, 0.05) is 0 Å². The van der Waals surface area contributed by atoms with E-state index in [9.17, 15) is 0 Å². The second kappa shape index (κ2) is 1.25. The molecular formula is CH3O3PS. The molecule has 1 aliphatic heterocycles. The van der Waals surface area contributed by atoms with Gasteiger partial charge < -0.3 is 4.89 Å². The predicted octanol–water partition coefficient (Wildman–Crippen LogP) is 0.207. The summed E-state index contributed by atoms with van der Waals surface area (Å²) in [5, 5.41) is 0. The standard InChI is InChI=1S/CH3O3PS/c2-5(6)3-1-4-5/h1H2,(H,2,6). The van der Waals surface area contributed by atoms with Crippen molar-refractivity contribution in [3.63, 3.8) is 0 Å². The van der Waals surface area contributed by atoms with Crippen LogP contribution in [0.5, 0.6) is 0 Å². The Labute approximate surface area is 40.1 Å². The zero-order valence-corrected chi connectivity index (χ0v) is 4.54. The molecule has 0 aliphatic carbocycles. The first-order chi connectivity index (χ1) is 2.71. The Morgan fingerprint density at radius 1 is 1.67 bits per heavy atom. The van der Waals surface area contributed by atoms with Gasteiger partial charge >= 0.3 is 6.72 Å². The summed E-state index contributed by atoms with van der Waals surface area (Å²) in [7, 11) is 0. The summed E-state index contributed by atoms with van der Waals surface area (Å²) < 4.78 is 8.75. The van der Waals surface area contributed by atoms with Crippen molar-refractivity contribution >= 4 is 18.5 Å². The molecule has 36 valence electrons. The highest BCUT2D eigenvalue weighted by Crippen LogP contribution is 2.51. The molecule has 0 aromatic rings. The molecule has 0 aromatic carbocycles. The smallest absolute Gasteiger partial charge is 0.324 e. The second-order valence-corrected chi connectivity index (χ2v) is 3.68. The molecule has 1 rings (SSSR count). The highest BCUT2D eigenvalue weighted by Gasteiger charge is 2.24. The molecule has 0 saturated carbocycles. The van der Waals surface area contributed by atoms with Gasteiger partial charge in [0.25, 0.3) is 0 Å². The van der Waals surface area contributed by atoms with E-state index in [2.05, 4.69) is 20.9 Å². The van der Waals surface area contributed by atoms with Crippen LogP contribution in [-0.4, -0.2) is 11.7 Å². The van der Waals surface area contributed by atoms with E-state index in [1.165, 1.54) is 0 Å². The number of hydrogen-bond donors (Lipinski definition) is 1. The lowest BCUT2D eigenvalue weighted by molar-refractivity contribution is 0.00399. The molecule has 0 radical (unpaired) electrons. The van der Waals surface area contributed by atoms with Gasteiger partial charge in [0.15, 0.2) is 6.79 Å². The predicted molar refractivity (Wildman–Crippen MR) is 23.5 cm³/mol. The summed E-state index contributed by atoms with van der Waals surface area (Å²) in [5.41, 5.74) is 0. The third-order valence-corrected chi connectivity index (χ3v) is 1.93. The van der Waals surface area contributed by atoms with Crippen molar-refractivity contribution in [1.82, 2.24) is 0 Å². The van der Waals surface area contributed by atoms with Gasteiger partial charge in [-0.1, -0.05) is 0 Å². The topological polar surface area (TPSA) is 38.7 Å². The van der Waals surface area contributed by atoms with Crippen LogP contribution in [0.4, 0.5) is 0 Å². The Morgan fingerprint density at radius 3 is 2.00 bits per heavy atom. The van der Waals surface area contributed by atoms with Crippen LogP contribution in [0.25, 0.3) is 0 Å². The molecule has 0 unspecified atom stereocenters. The molecule has 1 fully saturated rings. The van der Waals surface area contributed by atoms with E-state index in [1.54, 1.807) is 0 Å². The van der Waals surface area contributed by atoms with Gasteiger partial charge in [0.1, 0.15) is 0 Å². The summed E-state index contributed by atoms with van der Waals surface area (Å²) >= 11 is 4.30. The molecule has 3 nitrogen and oxygen atoms in total. The van der Waals surface area contributed by atoms with Crippen molar-refractivity contribution in [3.05, 3.63) is 0 Å². The fraction of sp³-hybridized carbons (Fsp3) is 1.00. The average Bonchev–Trinajstić information content (AvgIpc) is 1.32. The van der Waals surface area contributed by atoms with Crippen LogP contribution in [-0.2, 0) is 20.9 Å². The highest BCUT2D eigenvalue weighted by molar-refractivity contribution is 8.07. The van der Waals surface area contributed by atoms with Crippen LogP contribution in [0.15, 0.2) is 0 Å². The Morgan fingerprint density at radius 2 is 2.00 bits per heavy atom.